The summed E-state index contributed by atoms with van der Waals surface area (Å²) < 4.78 is 68.3. The smallest absolute Gasteiger partial charge is 0.307 e. The van der Waals surface area contributed by atoms with Crippen LogP contribution in [0.5, 0.6) is 0 Å². The summed E-state index contributed by atoms with van der Waals surface area (Å²) in [4.78, 5) is 12.4. The fourth-order valence-electron chi connectivity index (χ4n) is 4.55. The van der Waals surface area contributed by atoms with Gasteiger partial charge in [-0.25, -0.2) is 13.2 Å². The minimum absolute atomic E-state index is 0.0636. The molecule has 1 aromatic carbocycles. The standard InChI is InChI=1S/C26H34F3NO3S/c1-7-33-20(31)14-19(30-34(32)25(4,5)6)23-24(27)21(18-11-9-8-10-15(18)2)16(3)22(17-12-13-17)26(23,28)29/h8-11,17,19,23,30H,7,12-14H2,1-6H3/t19?,23?,34-/m1/s1. The van der Waals surface area contributed by atoms with Crippen LogP contribution in [-0.2, 0) is 20.9 Å². The third-order valence-electron chi connectivity index (χ3n) is 6.35. The molecule has 0 bridgehead atoms. The van der Waals surface area contributed by atoms with Crippen LogP contribution in [0.3, 0.4) is 0 Å². The molecule has 0 aromatic heterocycles. The van der Waals surface area contributed by atoms with Gasteiger partial charge >= 0.3 is 5.97 Å². The number of aryl methyl sites for hydroxylation is 1. The number of carbonyl (C=O) groups is 1. The first kappa shape index (κ1) is 26.8. The minimum atomic E-state index is -3.55. The van der Waals surface area contributed by atoms with Crippen molar-refractivity contribution in [3.05, 3.63) is 52.4 Å². The lowest BCUT2D eigenvalue weighted by atomic mass is 9.73. The van der Waals surface area contributed by atoms with Crippen LogP contribution in [0.4, 0.5) is 13.2 Å². The highest BCUT2D eigenvalue weighted by atomic mass is 32.2. The van der Waals surface area contributed by atoms with E-state index >= 15 is 13.2 Å². The number of halogens is 3. The Morgan fingerprint density at radius 1 is 1.26 bits per heavy atom. The maximum Gasteiger partial charge on any atom is 0.307 e. The average Bonchev–Trinajstić information content (AvgIpc) is 3.53. The van der Waals surface area contributed by atoms with Crippen LogP contribution in [0.1, 0.15) is 65.0 Å². The van der Waals surface area contributed by atoms with E-state index in [9.17, 15) is 9.35 Å². The van der Waals surface area contributed by atoms with E-state index in [0.29, 0.717) is 18.4 Å². The number of esters is 1. The predicted molar refractivity (Wildman–Crippen MR) is 129 cm³/mol. The number of rotatable bonds is 8. The zero-order valence-electron chi connectivity index (χ0n) is 20.6. The van der Waals surface area contributed by atoms with Gasteiger partial charge in [0.05, 0.1) is 25.0 Å². The summed E-state index contributed by atoms with van der Waals surface area (Å²) in [6.45, 7) is 10.1. The molecule has 8 heteroatoms. The van der Waals surface area contributed by atoms with Gasteiger partial charge in [0.2, 0.25) is 0 Å². The van der Waals surface area contributed by atoms with Crippen molar-refractivity contribution in [1.82, 2.24) is 4.72 Å². The number of nitrogens with one attached hydrogen (secondary N) is 1. The quantitative estimate of drug-likeness (QED) is 0.351. The van der Waals surface area contributed by atoms with Gasteiger partial charge in [0.25, 0.3) is 5.92 Å². The van der Waals surface area contributed by atoms with E-state index in [1.807, 2.05) is 19.1 Å². The molecule has 1 fully saturated rings. The fraction of sp³-hybridized carbons (Fsp3) is 0.577. The molecule has 188 valence electrons. The van der Waals surface area contributed by atoms with Crippen molar-refractivity contribution in [2.75, 3.05) is 6.61 Å². The van der Waals surface area contributed by atoms with Crippen molar-refractivity contribution in [3.63, 3.8) is 0 Å². The molecule has 0 saturated heterocycles. The molecule has 3 atom stereocenters. The molecule has 2 aliphatic carbocycles. The largest absolute Gasteiger partial charge is 0.598 e. The Balaban J connectivity index is 2.19. The molecule has 1 saturated carbocycles. The van der Waals surface area contributed by atoms with Crippen molar-refractivity contribution in [2.24, 2.45) is 11.8 Å². The Morgan fingerprint density at radius 3 is 2.41 bits per heavy atom. The zero-order chi connectivity index (χ0) is 25.4. The van der Waals surface area contributed by atoms with Crippen LogP contribution in [0.25, 0.3) is 5.57 Å². The van der Waals surface area contributed by atoms with Crippen LogP contribution in [0.2, 0.25) is 0 Å². The highest BCUT2D eigenvalue weighted by molar-refractivity contribution is 7.90. The molecule has 0 heterocycles. The second-order valence-corrected chi connectivity index (χ2v) is 12.1. The lowest BCUT2D eigenvalue weighted by Crippen LogP contribution is -2.54. The van der Waals surface area contributed by atoms with E-state index in [1.54, 1.807) is 46.8 Å². The summed E-state index contributed by atoms with van der Waals surface area (Å²) in [5.74, 6) is -7.61. The van der Waals surface area contributed by atoms with Gasteiger partial charge in [-0.2, -0.15) is 0 Å². The molecule has 4 nitrogen and oxygen atoms in total. The molecule has 34 heavy (non-hydrogen) atoms. The monoisotopic (exact) mass is 497 g/mol. The van der Waals surface area contributed by atoms with Gasteiger partial charge < -0.3 is 9.29 Å². The van der Waals surface area contributed by atoms with Gasteiger partial charge in [0.15, 0.2) is 0 Å². The van der Waals surface area contributed by atoms with E-state index in [4.69, 9.17) is 4.74 Å². The lowest BCUT2D eigenvalue weighted by molar-refractivity contribution is -0.144. The Morgan fingerprint density at radius 2 is 1.88 bits per heavy atom. The van der Waals surface area contributed by atoms with Gasteiger partial charge in [-0.3, -0.25) is 4.79 Å². The number of allylic oxidation sites excluding steroid dienone is 3. The third-order valence-corrected chi connectivity index (χ3v) is 7.98. The van der Waals surface area contributed by atoms with Crippen molar-refractivity contribution in [2.45, 2.75) is 77.5 Å². The normalized spacial score (nSPS) is 22.6. The highest BCUT2D eigenvalue weighted by Gasteiger charge is 2.58. The molecule has 1 N–H and O–H groups in total. The first-order valence-electron chi connectivity index (χ1n) is 11.7. The molecule has 0 spiro atoms. The average molecular weight is 498 g/mol. The molecular weight excluding hydrogens is 463 g/mol. The van der Waals surface area contributed by atoms with E-state index in [-0.39, 0.29) is 29.2 Å². The Labute approximate surface area is 203 Å². The number of benzene rings is 1. The lowest BCUT2D eigenvalue weighted by Gasteiger charge is -2.40. The summed E-state index contributed by atoms with van der Waals surface area (Å²) in [7, 11) is 0. The van der Waals surface area contributed by atoms with Gasteiger partial charge in [-0.15, -0.1) is 4.72 Å². The fourth-order valence-corrected chi connectivity index (χ4v) is 5.40. The number of hydrogen-bond donors (Lipinski definition) is 1. The molecular formula is C26H34F3NO3S. The topological polar surface area (TPSA) is 61.4 Å². The SMILES string of the molecule is CCOC(=O)CC(N[S@+]([O-])C(C)(C)C)C1C(F)=C(c2ccccc2C)C(C)=C(C2CC2)C1(F)F. The third kappa shape index (κ3) is 5.39. The van der Waals surface area contributed by atoms with Crippen LogP contribution in [0, 0.1) is 18.8 Å². The van der Waals surface area contributed by atoms with Crippen molar-refractivity contribution >= 4 is 22.9 Å². The minimum Gasteiger partial charge on any atom is -0.598 e. The molecule has 0 radical (unpaired) electrons. The maximum atomic E-state index is 16.3. The van der Waals surface area contributed by atoms with Crippen LogP contribution >= 0.6 is 0 Å². The molecule has 2 unspecified atom stereocenters. The number of alkyl halides is 2. The van der Waals surface area contributed by atoms with Crippen LogP contribution in [-0.4, -0.2) is 33.8 Å². The molecule has 0 aliphatic heterocycles. The van der Waals surface area contributed by atoms with E-state index in [0.717, 1.165) is 5.56 Å². The van der Waals surface area contributed by atoms with Crippen LogP contribution in [0.15, 0.2) is 41.2 Å². The second-order valence-electron chi connectivity index (χ2n) is 10.1. The summed E-state index contributed by atoms with van der Waals surface area (Å²) in [5.41, 5.74) is 1.63. The summed E-state index contributed by atoms with van der Waals surface area (Å²) in [5, 5.41) is 0. The van der Waals surface area contributed by atoms with Gasteiger partial charge in [0, 0.05) is 22.5 Å². The van der Waals surface area contributed by atoms with E-state index in [1.165, 1.54) is 0 Å². The van der Waals surface area contributed by atoms with Gasteiger partial charge in [-0.1, -0.05) is 24.3 Å². The first-order chi connectivity index (χ1) is 15.8. The van der Waals surface area contributed by atoms with Gasteiger partial charge in [-0.05, 0) is 77.0 Å². The van der Waals surface area contributed by atoms with Crippen molar-refractivity contribution < 1.29 is 27.3 Å². The number of ether oxygens (including phenoxy) is 1. The van der Waals surface area contributed by atoms with Crippen molar-refractivity contribution in [1.29, 1.82) is 0 Å². The molecule has 2 aliphatic rings. The van der Waals surface area contributed by atoms with Gasteiger partial charge in [0.1, 0.15) is 10.6 Å². The number of hydrogen-bond acceptors (Lipinski definition) is 4. The maximum absolute atomic E-state index is 16.3. The Kier molecular flexibility index (Phi) is 7.95. The number of carbonyl (C=O) groups excluding carboxylic acids is 1. The second kappa shape index (κ2) is 10.1. The molecule has 0 amide bonds. The predicted octanol–water partition coefficient (Wildman–Crippen LogP) is 6.04. The first-order valence-corrected chi connectivity index (χ1v) is 12.8. The van der Waals surface area contributed by atoms with Crippen LogP contribution < -0.4 is 4.72 Å². The summed E-state index contributed by atoms with van der Waals surface area (Å²) >= 11 is -1.81. The van der Waals surface area contributed by atoms with E-state index in [2.05, 4.69) is 4.72 Å². The Bertz CT molecular complexity index is 995. The highest BCUT2D eigenvalue weighted by Crippen LogP contribution is 2.57. The van der Waals surface area contributed by atoms with Crippen molar-refractivity contribution in [3.8, 4) is 0 Å². The molecule has 1 aromatic rings. The summed E-state index contributed by atoms with van der Waals surface area (Å²) in [6, 6.07) is 5.67. The summed E-state index contributed by atoms with van der Waals surface area (Å²) in [6.07, 6.45) is 0.699. The Hall–Kier alpha value is -1.77. The zero-order valence-corrected chi connectivity index (χ0v) is 21.5. The molecule has 3 rings (SSSR count). The van der Waals surface area contributed by atoms with E-state index < -0.39 is 52.2 Å².